The molecule has 0 aliphatic heterocycles. The number of nitro groups is 1. The third kappa shape index (κ3) is 2.91. The fraction of sp³-hybridized carbons (Fsp3) is 0. The number of nitrogens with zero attached hydrogens (tertiary/aromatic N) is 1. The lowest BCUT2D eigenvalue weighted by Crippen LogP contribution is -1.81. The summed E-state index contributed by atoms with van der Waals surface area (Å²) in [6.07, 6.45) is 2.08. The molecule has 0 fully saturated rings. The third-order valence-electron chi connectivity index (χ3n) is 2.18. The second-order valence-corrected chi connectivity index (χ2v) is 4.27. The Hall–Kier alpha value is -1.78. The Balaban J connectivity index is 2.32. The van der Waals surface area contributed by atoms with E-state index in [-0.39, 0.29) is 0 Å². The first kappa shape index (κ1) is 12.7. The van der Waals surface area contributed by atoms with Crippen LogP contribution in [0.3, 0.4) is 0 Å². The van der Waals surface area contributed by atoms with Crippen LogP contribution in [0.5, 0.6) is 0 Å². The first-order chi connectivity index (χ1) is 8.56. The molecule has 1 aromatic heterocycles. The zero-order chi connectivity index (χ0) is 13.1. The van der Waals surface area contributed by atoms with Gasteiger partial charge in [0.25, 0.3) is 0 Å². The topological polar surface area (TPSA) is 56.3 Å². The molecule has 0 aliphatic carbocycles. The van der Waals surface area contributed by atoms with Crippen molar-refractivity contribution in [1.82, 2.24) is 0 Å². The van der Waals surface area contributed by atoms with Gasteiger partial charge in [-0.3, -0.25) is 10.1 Å². The maximum Gasteiger partial charge on any atom is 0.238 e. The van der Waals surface area contributed by atoms with Crippen LogP contribution >= 0.6 is 23.2 Å². The second-order valence-electron chi connectivity index (χ2n) is 3.43. The summed E-state index contributed by atoms with van der Waals surface area (Å²) in [5.41, 5.74) is 0.682. The predicted octanol–water partition coefficient (Wildman–Crippen LogP) is 4.50. The van der Waals surface area contributed by atoms with Crippen LogP contribution < -0.4 is 0 Å². The van der Waals surface area contributed by atoms with Crippen molar-refractivity contribution in [1.29, 1.82) is 0 Å². The van der Waals surface area contributed by atoms with E-state index in [4.69, 9.17) is 27.6 Å². The van der Waals surface area contributed by atoms with Crippen LogP contribution in [0.1, 0.15) is 5.76 Å². The molecule has 6 heteroatoms. The molecule has 0 radical (unpaired) electrons. The molecule has 2 rings (SSSR count). The zero-order valence-corrected chi connectivity index (χ0v) is 10.5. The zero-order valence-electron chi connectivity index (χ0n) is 8.97. The van der Waals surface area contributed by atoms with Gasteiger partial charge in [0.05, 0.1) is 16.0 Å². The maximum absolute atomic E-state index is 10.2. The van der Waals surface area contributed by atoms with Gasteiger partial charge in [0.2, 0.25) is 6.20 Å². The Morgan fingerprint density at radius 2 is 2.00 bits per heavy atom. The number of halogens is 2. The monoisotopic (exact) mass is 283 g/mol. The van der Waals surface area contributed by atoms with Gasteiger partial charge < -0.3 is 4.42 Å². The molecule has 0 unspecified atom stereocenters. The van der Waals surface area contributed by atoms with Gasteiger partial charge in [0.1, 0.15) is 11.5 Å². The summed E-state index contributed by atoms with van der Waals surface area (Å²) < 4.78 is 5.42. The van der Waals surface area contributed by atoms with Crippen LogP contribution in [0, 0.1) is 10.1 Å². The Bertz CT molecular complexity index is 620. The number of hydrogen-bond donors (Lipinski definition) is 0. The normalized spacial score (nSPS) is 11.0. The summed E-state index contributed by atoms with van der Waals surface area (Å²) in [5.74, 6) is 0.910. The van der Waals surface area contributed by atoms with Crippen LogP contribution in [-0.4, -0.2) is 4.92 Å². The molecule has 0 saturated heterocycles. The molecule has 4 nitrogen and oxygen atoms in total. The first-order valence-corrected chi connectivity index (χ1v) is 5.69. The van der Waals surface area contributed by atoms with Crippen LogP contribution in [0.25, 0.3) is 17.4 Å². The molecule has 0 aliphatic rings. The van der Waals surface area contributed by atoms with Crippen molar-refractivity contribution in [2.75, 3.05) is 0 Å². The molecule has 2 aromatic rings. The first-order valence-electron chi connectivity index (χ1n) is 4.93. The molecular formula is C12H7Cl2NO3. The number of benzene rings is 1. The van der Waals surface area contributed by atoms with E-state index < -0.39 is 4.92 Å². The summed E-state index contributed by atoms with van der Waals surface area (Å²) in [7, 11) is 0. The lowest BCUT2D eigenvalue weighted by Gasteiger charge is -2.00. The highest BCUT2D eigenvalue weighted by Crippen LogP contribution is 2.31. The molecule has 0 amide bonds. The quantitative estimate of drug-likeness (QED) is 0.615. The molecule has 0 bridgehead atoms. The van der Waals surface area contributed by atoms with Gasteiger partial charge in [0, 0.05) is 10.6 Å². The Morgan fingerprint density at radius 1 is 1.22 bits per heavy atom. The van der Waals surface area contributed by atoms with Crippen molar-refractivity contribution < 1.29 is 9.34 Å². The van der Waals surface area contributed by atoms with E-state index >= 15 is 0 Å². The van der Waals surface area contributed by atoms with Crippen molar-refractivity contribution in [3.8, 4) is 11.3 Å². The minimum Gasteiger partial charge on any atom is -0.456 e. The number of rotatable bonds is 3. The highest BCUT2D eigenvalue weighted by molar-refractivity contribution is 6.36. The van der Waals surface area contributed by atoms with Crippen molar-refractivity contribution in [3.63, 3.8) is 0 Å². The van der Waals surface area contributed by atoms with Gasteiger partial charge in [0.15, 0.2) is 0 Å². The highest BCUT2D eigenvalue weighted by atomic mass is 35.5. The van der Waals surface area contributed by atoms with E-state index in [1.807, 2.05) is 0 Å². The largest absolute Gasteiger partial charge is 0.456 e. The van der Waals surface area contributed by atoms with Crippen molar-refractivity contribution in [3.05, 3.63) is 62.5 Å². The van der Waals surface area contributed by atoms with Gasteiger partial charge in [-0.2, -0.15) is 0 Å². The lowest BCUT2D eigenvalue weighted by atomic mass is 10.2. The minimum atomic E-state index is -0.558. The lowest BCUT2D eigenvalue weighted by molar-refractivity contribution is -0.401. The van der Waals surface area contributed by atoms with E-state index in [0.717, 1.165) is 6.20 Å². The van der Waals surface area contributed by atoms with E-state index in [9.17, 15) is 10.1 Å². The summed E-state index contributed by atoms with van der Waals surface area (Å²) in [6.45, 7) is 0. The van der Waals surface area contributed by atoms with Crippen molar-refractivity contribution >= 4 is 29.3 Å². The van der Waals surface area contributed by atoms with E-state index in [1.165, 1.54) is 6.08 Å². The molecule has 1 heterocycles. The molecule has 0 atom stereocenters. The van der Waals surface area contributed by atoms with Crippen LogP contribution in [0.15, 0.2) is 40.9 Å². The second kappa shape index (κ2) is 5.25. The van der Waals surface area contributed by atoms with Crippen molar-refractivity contribution in [2.45, 2.75) is 0 Å². The van der Waals surface area contributed by atoms with Crippen molar-refractivity contribution in [2.24, 2.45) is 0 Å². The molecule has 18 heavy (non-hydrogen) atoms. The van der Waals surface area contributed by atoms with Crippen LogP contribution in [0.4, 0.5) is 0 Å². The SMILES string of the molecule is O=[N+]([O-])/C=C/c1ccc(-c2ccc(Cl)cc2Cl)o1. The minimum absolute atomic E-state index is 0.382. The summed E-state index contributed by atoms with van der Waals surface area (Å²) in [5, 5.41) is 11.2. The maximum atomic E-state index is 10.2. The Morgan fingerprint density at radius 3 is 2.67 bits per heavy atom. The molecular weight excluding hydrogens is 277 g/mol. The van der Waals surface area contributed by atoms with Crippen LogP contribution in [0.2, 0.25) is 10.0 Å². The molecule has 0 spiro atoms. The summed E-state index contributed by atoms with van der Waals surface area (Å²) >= 11 is 11.8. The summed E-state index contributed by atoms with van der Waals surface area (Å²) in [4.78, 5) is 9.62. The molecule has 0 saturated carbocycles. The van der Waals surface area contributed by atoms with E-state index in [2.05, 4.69) is 0 Å². The van der Waals surface area contributed by atoms with Gasteiger partial charge in [-0.25, -0.2) is 0 Å². The third-order valence-corrected chi connectivity index (χ3v) is 2.73. The average Bonchev–Trinajstić information content (AvgIpc) is 2.75. The fourth-order valence-corrected chi connectivity index (χ4v) is 1.91. The summed E-state index contributed by atoms with van der Waals surface area (Å²) in [6, 6.07) is 8.34. The predicted molar refractivity (Wildman–Crippen MR) is 70.2 cm³/mol. The van der Waals surface area contributed by atoms with Gasteiger partial charge in [-0.15, -0.1) is 0 Å². The molecule has 1 aromatic carbocycles. The number of hydrogen-bond acceptors (Lipinski definition) is 3. The van der Waals surface area contributed by atoms with Gasteiger partial charge in [-0.05, 0) is 30.3 Å². The Kier molecular flexibility index (Phi) is 3.69. The highest BCUT2D eigenvalue weighted by Gasteiger charge is 2.08. The van der Waals surface area contributed by atoms with Gasteiger partial charge >= 0.3 is 0 Å². The standard InChI is InChI=1S/C12H7Cl2NO3/c13-8-1-3-10(11(14)7-8)12-4-2-9(18-12)5-6-15(16)17/h1-7H/b6-5+. The van der Waals surface area contributed by atoms with Gasteiger partial charge in [-0.1, -0.05) is 23.2 Å². The van der Waals surface area contributed by atoms with Crippen LogP contribution in [-0.2, 0) is 0 Å². The number of furan rings is 1. The molecule has 0 N–H and O–H groups in total. The fourth-order valence-electron chi connectivity index (χ4n) is 1.41. The average molecular weight is 284 g/mol. The Labute approximate surface area is 113 Å². The van der Waals surface area contributed by atoms with E-state index in [0.29, 0.717) is 27.1 Å². The smallest absolute Gasteiger partial charge is 0.238 e. The molecule has 92 valence electrons. The van der Waals surface area contributed by atoms with E-state index in [1.54, 1.807) is 30.3 Å².